The number of hydrogen-bond donors (Lipinski definition) is 0. The fourth-order valence-corrected chi connectivity index (χ4v) is 10.8. The largest absolute Gasteiger partial charge is 0.455 e. The first-order chi connectivity index (χ1) is 34.1. The summed E-state index contributed by atoms with van der Waals surface area (Å²) >= 11 is 0. The van der Waals surface area contributed by atoms with Gasteiger partial charge in [0.05, 0.1) is 11.4 Å². The third-order valence-corrected chi connectivity index (χ3v) is 13.8. The number of hydrogen-bond acceptors (Lipinski definition) is 3. The summed E-state index contributed by atoms with van der Waals surface area (Å²) in [7, 11) is 0. The lowest BCUT2D eigenvalue weighted by atomic mass is 9.81. The molecule has 0 atom stereocenters. The highest BCUT2D eigenvalue weighted by Crippen LogP contribution is 2.52. The van der Waals surface area contributed by atoms with Crippen LogP contribution in [0.2, 0.25) is 0 Å². The predicted octanol–water partition coefficient (Wildman–Crippen LogP) is 18.8. The van der Waals surface area contributed by atoms with Crippen LogP contribution in [0.4, 0.5) is 5.69 Å². The molecule has 69 heavy (non-hydrogen) atoms. The molecule has 0 aliphatic carbocycles. The van der Waals surface area contributed by atoms with Crippen LogP contribution in [-0.2, 0) is 0 Å². The molecule has 326 valence electrons. The van der Waals surface area contributed by atoms with E-state index in [2.05, 4.69) is 226 Å². The Balaban J connectivity index is 1.23. The zero-order chi connectivity index (χ0) is 46.0. The van der Waals surface area contributed by atoms with Crippen LogP contribution in [-0.4, -0.2) is 5.71 Å². The van der Waals surface area contributed by atoms with Crippen LogP contribution >= 0.6 is 0 Å². The van der Waals surface area contributed by atoms with Crippen LogP contribution in [0.5, 0.6) is 0 Å². The Kier molecular flexibility index (Phi) is 9.69. The number of fused-ring (bicyclic) bond motifs is 11. The predicted molar refractivity (Wildman–Crippen MR) is 290 cm³/mol. The van der Waals surface area contributed by atoms with E-state index in [1.165, 1.54) is 27.6 Å². The molecule has 0 unspecified atom stereocenters. The number of furan rings is 2. The maximum Gasteiger partial charge on any atom is 0.144 e. The van der Waals surface area contributed by atoms with Crippen LogP contribution in [0.1, 0.15) is 36.5 Å². The van der Waals surface area contributed by atoms with Gasteiger partial charge in [-0.25, -0.2) is 4.99 Å². The fraction of sp³-hybridized carbons (Fsp3) is 0.0455. The molecule has 0 N–H and O–H groups in total. The van der Waals surface area contributed by atoms with Crippen molar-refractivity contribution in [1.29, 1.82) is 0 Å². The number of nitrogens with zero attached hydrogens (tertiary/aromatic N) is 1. The van der Waals surface area contributed by atoms with Crippen LogP contribution in [0.3, 0.4) is 0 Å². The number of rotatable bonds is 8. The summed E-state index contributed by atoms with van der Waals surface area (Å²) in [5.41, 5.74) is 17.3. The fourth-order valence-electron chi connectivity index (χ4n) is 10.8. The molecule has 3 nitrogen and oxygen atoms in total. The van der Waals surface area contributed by atoms with E-state index in [0.717, 1.165) is 110 Å². The molecule has 0 spiro atoms. The van der Waals surface area contributed by atoms with Gasteiger partial charge >= 0.3 is 0 Å². The van der Waals surface area contributed by atoms with Gasteiger partial charge in [-0.3, -0.25) is 0 Å². The summed E-state index contributed by atoms with van der Waals surface area (Å²) in [6.45, 7) is 4.66. The van der Waals surface area contributed by atoms with Crippen molar-refractivity contribution in [2.24, 2.45) is 4.99 Å². The molecule has 0 bridgehead atoms. The summed E-state index contributed by atoms with van der Waals surface area (Å²) in [5.74, 6) is 0.158. The van der Waals surface area contributed by atoms with Crippen molar-refractivity contribution >= 4 is 76.8 Å². The van der Waals surface area contributed by atoms with Crippen molar-refractivity contribution in [2.45, 2.75) is 19.8 Å². The average Bonchev–Trinajstić information content (AvgIpc) is 4.00. The number of aliphatic imine (C=N–C) groups is 1. The van der Waals surface area contributed by atoms with Gasteiger partial charge < -0.3 is 8.83 Å². The standard InChI is InChI=1S/C66H45NO2/c1-41(2)57-56-40-55(45-36-34-43(35-37-45)42-20-8-3-9-21-42)66-61(53-32-19-33-54(64(53)69-66)62(47-26-14-6-15-27-47)67-48-28-16-7-17-29-48)59(56)60-52(58(57)46-24-12-5-13-25-46)39-38-51-50-31-18-30-49(63(50)68-65(51)60)44-22-10-4-11-23-44/h3-41H,1-2H3. The van der Waals surface area contributed by atoms with Crippen molar-refractivity contribution < 1.29 is 8.83 Å². The van der Waals surface area contributed by atoms with Gasteiger partial charge in [0.2, 0.25) is 0 Å². The van der Waals surface area contributed by atoms with Gasteiger partial charge in [-0.1, -0.05) is 214 Å². The lowest BCUT2D eigenvalue weighted by molar-refractivity contribution is 0.669. The van der Waals surface area contributed by atoms with E-state index < -0.39 is 0 Å². The minimum absolute atomic E-state index is 0.158. The topological polar surface area (TPSA) is 38.6 Å². The average molecular weight is 884 g/mol. The number of benzene rings is 11. The van der Waals surface area contributed by atoms with Crippen LogP contribution in [0.15, 0.2) is 244 Å². The van der Waals surface area contributed by atoms with Crippen molar-refractivity contribution in [2.75, 3.05) is 0 Å². The molecule has 0 fully saturated rings. The minimum Gasteiger partial charge on any atom is -0.455 e. The third kappa shape index (κ3) is 6.69. The van der Waals surface area contributed by atoms with E-state index in [0.29, 0.717) is 0 Å². The molecule has 2 heterocycles. The second-order valence-corrected chi connectivity index (χ2v) is 18.3. The first kappa shape index (κ1) is 40.5. The Morgan fingerprint density at radius 3 is 1.58 bits per heavy atom. The van der Waals surface area contributed by atoms with E-state index in [1.54, 1.807) is 0 Å². The quantitative estimate of drug-likeness (QED) is 0.113. The molecule has 0 amide bonds. The Morgan fingerprint density at radius 2 is 0.884 bits per heavy atom. The summed E-state index contributed by atoms with van der Waals surface area (Å²) in [6, 6.07) is 81.8. The van der Waals surface area contributed by atoms with Crippen LogP contribution in [0, 0.1) is 0 Å². The Morgan fingerprint density at radius 1 is 0.362 bits per heavy atom. The first-order valence-electron chi connectivity index (χ1n) is 23.8. The zero-order valence-electron chi connectivity index (χ0n) is 38.3. The smallest absolute Gasteiger partial charge is 0.144 e. The van der Waals surface area contributed by atoms with Gasteiger partial charge in [-0.05, 0) is 86.0 Å². The van der Waals surface area contributed by atoms with E-state index >= 15 is 0 Å². The SMILES string of the molecule is CC(C)c1c(-c2ccccc2)c2ccc3c4cccc(-c5ccccc5)c4oc3c2c2c1cc(-c1ccc(-c3ccccc3)cc1)c1oc3c(C(=Nc4ccccc4)c4ccccc4)cccc3c12. The molecular formula is C66H45NO2. The van der Waals surface area contributed by atoms with Crippen molar-refractivity contribution in [3.8, 4) is 44.5 Å². The molecule has 0 aliphatic rings. The molecule has 0 saturated carbocycles. The van der Waals surface area contributed by atoms with E-state index in [4.69, 9.17) is 13.8 Å². The Labute approximate surface area is 400 Å². The minimum atomic E-state index is 0.158. The Hall–Kier alpha value is -8.79. The maximum atomic E-state index is 7.53. The lowest BCUT2D eigenvalue weighted by Gasteiger charge is -2.22. The Bertz CT molecular complexity index is 4090. The van der Waals surface area contributed by atoms with Gasteiger partial charge in [-0.15, -0.1) is 0 Å². The third-order valence-electron chi connectivity index (χ3n) is 13.8. The summed E-state index contributed by atoms with van der Waals surface area (Å²) in [4.78, 5) is 5.37. The molecule has 11 aromatic carbocycles. The van der Waals surface area contributed by atoms with Gasteiger partial charge in [0.15, 0.2) is 0 Å². The van der Waals surface area contributed by atoms with Crippen LogP contribution in [0.25, 0.3) is 110 Å². The van der Waals surface area contributed by atoms with E-state index in [9.17, 15) is 0 Å². The van der Waals surface area contributed by atoms with Crippen molar-refractivity contribution in [1.82, 2.24) is 0 Å². The second-order valence-electron chi connectivity index (χ2n) is 18.3. The molecule has 13 rings (SSSR count). The highest BCUT2D eigenvalue weighted by Gasteiger charge is 2.28. The molecule has 3 heteroatoms. The lowest BCUT2D eigenvalue weighted by Crippen LogP contribution is -2.03. The highest BCUT2D eigenvalue weighted by molar-refractivity contribution is 6.37. The molecule has 0 radical (unpaired) electrons. The molecule has 13 aromatic rings. The van der Waals surface area contributed by atoms with Crippen LogP contribution < -0.4 is 0 Å². The van der Waals surface area contributed by atoms with Gasteiger partial charge in [0.1, 0.15) is 22.3 Å². The van der Waals surface area contributed by atoms with Gasteiger partial charge in [-0.2, -0.15) is 0 Å². The molecule has 0 saturated heterocycles. The maximum absolute atomic E-state index is 7.53. The monoisotopic (exact) mass is 883 g/mol. The van der Waals surface area contributed by atoms with E-state index in [-0.39, 0.29) is 5.92 Å². The molecule has 0 aliphatic heterocycles. The summed E-state index contributed by atoms with van der Waals surface area (Å²) < 4.78 is 14.9. The van der Waals surface area contributed by atoms with E-state index in [1.807, 2.05) is 18.2 Å². The number of para-hydroxylation sites is 3. The normalized spacial score (nSPS) is 12.1. The van der Waals surface area contributed by atoms with Crippen molar-refractivity contribution in [3.05, 3.63) is 247 Å². The van der Waals surface area contributed by atoms with Gasteiger partial charge in [0.25, 0.3) is 0 Å². The zero-order valence-corrected chi connectivity index (χ0v) is 38.3. The first-order valence-corrected chi connectivity index (χ1v) is 23.8. The summed E-state index contributed by atoms with van der Waals surface area (Å²) in [6.07, 6.45) is 0. The highest BCUT2D eigenvalue weighted by atomic mass is 16.3. The molecule has 2 aromatic heterocycles. The van der Waals surface area contributed by atoms with Crippen molar-refractivity contribution in [3.63, 3.8) is 0 Å². The second kappa shape index (κ2) is 16.5. The molecular weight excluding hydrogens is 839 g/mol. The summed E-state index contributed by atoms with van der Waals surface area (Å²) in [5, 5.41) is 8.77. The van der Waals surface area contributed by atoms with Gasteiger partial charge in [0, 0.05) is 54.6 Å².